The van der Waals surface area contributed by atoms with Crippen LogP contribution in [0.5, 0.6) is 0 Å². The highest BCUT2D eigenvalue weighted by Gasteiger charge is 2.00. The molecule has 0 heterocycles. The Balaban J connectivity index is 2.41. The van der Waals surface area contributed by atoms with Crippen molar-refractivity contribution in [2.75, 3.05) is 39.6 Å². The Morgan fingerprint density at radius 1 is 0.692 bits per heavy atom. The highest BCUT2D eigenvalue weighted by atomic mass is 16.5. The Morgan fingerprint density at radius 2 is 1.08 bits per heavy atom. The Kier molecular flexibility index (Phi) is 12.3. The van der Waals surface area contributed by atoms with Gasteiger partial charge in [-0.3, -0.25) is 0 Å². The van der Waals surface area contributed by atoms with Crippen molar-refractivity contribution >= 4 is 11.1 Å². The number of ether oxygens (including phenoxy) is 4. The fourth-order valence-corrected chi connectivity index (χ4v) is 2.28. The lowest BCUT2D eigenvalue weighted by Crippen LogP contribution is -1.98. The smallest absolute Gasteiger partial charge is 0.0895 e. The first-order valence-electron chi connectivity index (χ1n) is 9.52. The van der Waals surface area contributed by atoms with E-state index in [4.69, 9.17) is 18.9 Å². The van der Waals surface area contributed by atoms with Crippen LogP contribution in [0.2, 0.25) is 0 Å². The van der Waals surface area contributed by atoms with Crippen molar-refractivity contribution in [2.24, 2.45) is 0 Å². The zero-order valence-electron chi connectivity index (χ0n) is 16.8. The van der Waals surface area contributed by atoms with Gasteiger partial charge in [-0.05, 0) is 50.0 Å². The van der Waals surface area contributed by atoms with E-state index in [1.165, 1.54) is 0 Å². The number of allylic oxidation sites excluding steroid dienone is 2. The molecule has 146 valence electrons. The van der Waals surface area contributed by atoms with Crippen molar-refractivity contribution in [3.8, 4) is 0 Å². The molecule has 0 aliphatic carbocycles. The molecule has 26 heavy (non-hydrogen) atoms. The number of rotatable bonds is 14. The monoisotopic (exact) mass is 362 g/mol. The second-order valence-corrected chi connectivity index (χ2v) is 6.02. The first kappa shape index (κ1) is 22.3. The average Bonchev–Trinajstić information content (AvgIpc) is 2.67. The molecule has 0 N–H and O–H groups in total. The minimum Gasteiger partial charge on any atom is -0.501 e. The molecule has 0 unspecified atom stereocenters. The Bertz CT molecular complexity index is 483. The summed E-state index contributed by atoms with van der Waals surface area (Å²) in [4.78, 5) is 0. The third-order valence-corrected chi connectivity index (χ3v) is 3.83. The summed E-state index contributed by atoms with van der Waals surface area (Å²) in [6.07, 6.45) is 5.46. The van der Waals surface area contributed by atoms with E-state index < -0.39 is 0 Å². The van der Waals surface area contributed by atoms with Gasteiger partial charge in [-0.2, -0.15) is 0 Å². The second kappa shape index (κ2) is 14.4. The molecule has 0 saturated carbocycles. The van der Waals surface area contributed by atoms with Gasteiger partial charge in [0.1, 0.15) is 0 Å². The van der Waals surface area contributed by atoms with E-state index in [1.807, 2.05) is 26.4 Å². The number of hydrogen-bond donors (Lipinski definition) is 0. The molecular weight excluding hydrogens is 328 g/mol. The topological polar surface area (TPSA) is 36.9 Å². The number of hydrogen-bond acceptors (Lipinski definition) is 4. The minimum absolute atomic E-state index is 0.678. The van der Waals surface area contributed by atoms with E-state index in [9.17, 15) is 0 Å². The summed E-state index contributed by atoms with van der Waals surface area (Å²) < 4.78 is 21.7. The molecule has 1 aromatic rings. The summed E-state index contributed by atoms with van der Waals surface area (Å²) in [6.45, 7) is 12.5. The maximum Gasteiger partial charge on any atom is 0.0895 e. The first-order valence-corrected chi connectivity index (χ1v) is 9.52. The van der Waals surface area contributed by atoms with Crippen LogP contribution < -0.4 is 0 Å². The molecule has 4 nitrogen and oxygen atoms in total. The third kappa shape index (κ3) is 9.64. The molecule has 0 bridgehead atoms. The summed E-state index contributed by atoms with van der Waals surface area (Å²) in [5.41, 5.74) is 4.54. The fraction of sp³-hybridized carbons (Fsp3) is 0.545. The quantitative estimate of drug-likeness (QED) is 0.333. The molecule has 1 aromatic carbocycles. The summed E-state index contributed by atoms with van der Waals surface area (Å²) in [5, 5.41) is 0. The van der Waals surface area contributed by atoms with Gasteiger partial charge in [-0.1, -0.05) is 24.3 Å². The highest BCUT2D eigenvalue weighted by molar-refractivity contribution is 5.68. The van der Waals surface area contributed by atoms with Gasteiger partial charge >= 0.3 is 0 Å². The molecule has 0 aromatic heterocycles. The first-order chi connectivity index (χ1) is 12.7. The number of benzene rings is 1. The third-order valence-electron chi connectivity index (χ3n) is 3.83. The molecule has 0 amide bonds. The lowest BCUT2D eigenvalue weighted by molar-refractivity contribution is 0.122. The Hall–Kier alpha value is -1.78. The van der Waals surface area contributed by atoms with Crippen molar-refractivity contribution < 1.29 is 18.9 Å². The van der Waals surface area contributed by atoms with E-state index in [2.05, 4.69) is 38.1 Å². The average molecular weight is 363 g/mol. The van der Waals surface area contributed by atoms with Gasteiger partial charge in [0.25, 0.3) is 0 Å². The van der Waals surface area contributed by atoms with Crippen LogP contribution in [0.15, 0.2) is 36.8 Å². The molecule has 0 aliphatic heterocycles. The summed E-state index contributed by atoms with van der Waals surface area (Å²) in [5.74, 6) is 0. The van der Waals surface area contributed by atoms with E-state index in [0.29, 0.717) is 13.2 Å². The van der Waals surface area contributed by atoms with Crippen LogP contribution in [0, 0.1) is 0 Å². The van der Waals surface area contributed by atoms with Gasteiger partial charge in [-0.25, -0.2) is 0 Å². The van der Waals surface area contributed by atoms with Crippen molar-refractivity contribution in [3.63, 3.8) is 0 Å². The van der Waals surface area contributed by atoms with Crippen LogP contribution in [-0.2, 0) is 18.9 Å². The zero-order valence-corrected chi connectivity index (χ0v) is 16.8. The molecule has 0 radical (unpaired) electrons. The molecule has 0 saturated heterocycles. The van der Waals surface area contributed by atoms with Crippen molar-refractivity contribution in [1.82, 2.24) is 0 Å². The largest absolute Gasteiger partial charge is 0.501 e. The van der Waals surface area contributed by atoms with Crippen LogP contribution in [-0.4, -0.2) is 39.6 Å². The van der Waals surface area contributed by atoms with Crippen LogP contribution in [0.3, 0.4) is 0 Å². The van der Waals surface area contributed by atoms with Gasteiger partial charge < -0.3 is 18.9 Å². The van der Waals surface area contributed by atoms with Crippen LogP contribution in [0.4, 0.5) is 0 Å². The minimum atomic E-state index is 0.678. The summed E-state index contributed by atoms with van der Waals surface area (Å²) >= 11 is 0. The van der Waals surface area contributed by atoms with Gasteiger partial charge in [-0.15, -0.1) is 0 Å². The van der Waals surface area contributed by atoms with Crippen LogP contribution in [0.1, 0.15) is 51.7 Å². The molecule has 0 aliphatic rings. The molecule has 0 spiro atoms. The van der Waals surface area contributed by atoms with Crippen molar-refractivity contribution in [1.29, 1.82) is 0 Å². The zero-order chi connectivity index (χ0) is 19.0. The van der Waals surface area contributed by atoms with E-state index >= 15 is 0 Å². The standard InChI is InChI=1S/C22H34O4/c1-5-23-13-7-15-25-17-19(3)21-9-11-22(12-10-21)20(4)18-26-16-8-14-24-6-2/h9-12,17-18H,5-8,13-16H2,1-4H3/b19-17+,20-18+. The Labute approximate surface area is 158 Å². The van der Waals surface area contributed by atoms with Gasteiger partial charge in [0.2, 0.25) is 0 Å². The molecule has 4 heteroatoms. The normalized spacial score (nSPS) is 12.3. The van der Waals surface area contributed by atoms with Gasteiger partial charge in [0, 0.05) is 39.3 Å². The van der Waals surface area contributed by atoms with E-state index in [-0.39, 0.29) is 0 Å². The van der Waals surface area contributed by atoms with Gasteiger partial charge in [0.05, 0.1) is 25.7 Å². The lowest BCUT2D eigenvalue weighted by Gasteiger charge is -2.07. The second-order valence-electron chi connectivity index (χ2n) is 6.02. The van der Waals surface area contributed by atoms with Crippen molar-refractivity contribution in [2.45, 2.75) is 40.5 Å². The van der Waals surface area contributed by atoms with Crippen LogP contribution in [0.25, 0.3) is 11.1 Å². The maximum absolute atomic E-state index is 5.58. The molecule has 0 atom stereocenters. The predicted molar refractivity (Wildman–Crippen MR) is 108 cm³/mol. The maximum atomic E-state index is 5.58. The highest BCUT2D eigenvalue weighted by Crippen LogP contribution is 2.19. The molecular formula is C22H34O4. The van der Waals surface area contributed by atoms with Crippen LogP contribution >= 0.6 is 0 Å². The predicted octanol–water partition coefficient (Wildman–Crippen LogP) is 5.29. The van der Waals surface area contributed by atoms with E-state index in [0.717, 1.165) is 61.5 Å². The fourth-order valence-electron chi connectivity index (χ4n) is 2.28. The lowest BCUT2D eigenvalue weighted by atomic mass is 10.0. The summed E-state index contributed by atoms with van der Waals surface area (Å²) in [6, 6.07) is 8.43. The Morgan fingerprint density at radius 3 is 1.42 bits per heavy atom. The van der Waals surface area contributed by atoms with Crippen molar-refractivity contribution in [3.05, 3.63) is 47.9 Å². The van der Waals surface area contributed by atoms with E-state index in [1.54, 1.807) is 0 Å². The van der Waals surface area contributed by atoms with Gasteiger partial charge in [0.15, 0.2) is 0 Å². The molecule has 0 fully saturated rings. The summed E-state index contributed by atoms with van der Waals surface area (Å²) in [7, 11) is 0. The molecule has 1 rings (SSSR count). The SMILES string of the molecule is CCOCCCO/C=C(\C)c1ccc(/C(C)=C/OCCCOCC)cc1.